The summed E-state index contributed by atoms with van der Waals surface area (Å²) in [5.74, 6) is -0.419. The Hall–Kier alpha value is -5.17. The molecule has 1 aromatic carbocycles. The van der Waals surface area contributed by atoms with Gasteiger partial charge < -0.3 is 30.3 Å². The number of benzene rings is 1. The molecular weight excluding hydrogens is 745 g/mol. The van der Waals surface area contributed by atoms with Crippen LogP contribution in [0.5, 0.6) is 5.75 Å². The van der Waals surface area contributed by atoms with Crippen LogP contribution < -0.4 is 10.6 Å². The molecule has 1 amide bonds. The largest absolute Gasteiger partial charge is 0.504 e. The number of alkyl halides is 5. The van der Waals surface area contributed by atoms with Gasteiger partial charge in [0.25, 0.3) is 5.91 Å². The summed E-state index contributed by atoms with van der Waals surface area (Å²) in [6.07, 6.45) is 0.268. The zero-order chi connectivity index (χ0) is 40.6. The molecule has 2 aliphatic rings. The zero-order valence-electron chi connectivity index (χ0n) is 30.4. The van der Waals surface area contributed by atoms with Gasteiger partial charge in [0.2, 0.25) is 6.29 Å². The van der Waals surface area contributed by atoms with E-state index in [0.29, 0.717) is 68.5 Å². The third-order valence-electron chi connectivity index (χ3n) is 7.98. The molecule has 54 heavy (non-hydrogen) atoms. The normalized spacial score (nSPS) is 15.2. The monoisotopic (exact) mass is 787 g/mol. The number of carbonyl (C=O) groups is 3. The first-order chi connectivity index (χ1) is 25.5. The number of halogens is 6. The minimum absolute atomic E-state index is 0.0200. The molecule has 14 nitrogen and oxygen atoms in total. The summed E-state index contributed by atoms with van der Waals surface area (Å²) < 4.78 is 67.4. The lowest BCUT2D eigenvalue weighted by atomic mass is 10.1. The number of aromatic hydroxyl groups is 1. The van der Waals surface area contributed by atoms with E-state index in [1.807, 2.05) is 11.8 Å². The van der Waals surface area contributed by atoms with Crippen LogP contribution in [0.3, 0.4) is 0 Å². The van der Waals surface area contributed by atoms with Crippen LogP contribution >= 0.6 is 11.6 Å². The van der Waals surface area contributed by atoms with Crippen molar-refractivity contribution >= 4 is 48.3 Å². The number of aromatic nitrogens is 2. The number of rotatable bonds is 10. The Bertz CT molecular complexity index is 1710. The summed E-state index contributed by atoms with van der Waals surface area (Å²) >= 11 is 5.57. The Morgan fingerprint density at radius 1 is 1.13 bits per heavy atom. The van der Waals surface area contributed by atoms with E-state index < -0.39 is 24.1 Å². The van der Waals surface area contributed by atoms with Gasteiger partial charge in [-0.1, -0.05) is 24.6 Å². The number of aliphatic imine (C=N–C) groups is 1. The second-order valence-corrected chi connectivity index (χ2v) is 11.7. The number of amidine groups is 1. The fourth-order valence-corrected chi connectivity index (χ4v) is 5.13. The first-order valence-electron chi connectivity index (χ1n) is 16.3. The average Bonchev–Trinajstić information content (AvgIpc) is 3.17. The number of piperazine rings is 1. The van der Waals surface area contributed by atoms with Crippen LogP contribution in [0.1, 0.15) is 41.5 Å². The Balaban J connectivity index is 0.000000295. The fraction of sp³-hybridized carbons (Fsp3) is 0.441. The molecule has 1 fully saturated rings. The van der Waals surface area contributed by atoms with Gasteiger partial charge in [-0.25, -0.2) is 20.0 Å². The number of hydrogen-bond donors (Lipinski definition) is 3. The first kappa shape index (κ1) is 45.0. The van der Waals surface area contributed by atoms with Gasteiger partial charge in [-0.15, -0.1) is 0 Å². The molecule has 0 bridgehead atoms. The van der Waals surface area contributed by atoms with Crippen LogP contribution in [-0.2, 0) is 20.5 Å². The van der Waals surface area contributed by atoms with E-state index in [1.165, 1.54) is 12.4 Å². The maximum Gasteiger partial charge on any atom is 0.416 e. The smallest absolute Gasteiger partial charge is 0.416 e. The minimum atomic E-state index is -4.34. The number of aryl methyl sites for hydroxylation is 1. The zero-order valence-corrected chi connectivity index (χ0v) is 31.1. The van der Waals surface area contributed by atoms with Gasteiger partial charge in [-0.2, -0.15) is 27.1 Å². The van der Waals surface area contributed by atoms with Crippen molar-refractivity contribution in [1.82, 2.24) is 30.1 Å². The van der Waals surface area contributed by atoms with Gasteiger partial charge in [-0.3, -0.25) is 14.4 Å². The maximum atomic E-state index is 13.0. The van der Waals surface area contributed by atoms with Crippen LogP contribution in [0.2, 0.25) is 5.02 Å². The summed E-state index contributed by atoms with van der Waals surface area (Å²) in [6, 6.07) is -0.474. The van der Waals surface area contributed by atoms with Crippen LogP contribution in [0.15, 0.2) is 57.7 Å². The molecule has 0 atom stereocenters. The Labute approximate surface area is 314 Å². The predicted molar refractivity (Wildman–Crippen MR) is 194 cm³/mol. The number of nitrogens with zero attached hydrogens (tertiary/aromatic N) is 7. The number of amides is 1. The molecule has 2 aliphatic heterocycles. The molecule has 1 aromatic heterocycles. The highest BCUT2D eigenvalue weighted by Crippen LogP contribution is 2.33. The van der Waals surface area contributed by atoms with Crippen molar-refractivity contribution in [3.8, 4) is 5.75 Å². The molecular formula is C34H43ClF5N9O5. The lowest BCUT2D eigenvalue weighted by Gasteiger charge is -2.36. The molecule has 3 heterocycles. The molecule has 3 N–H and O–H groups in total. The number of allylic oxidation sites excluding steroid dienone is 2. The highest BCUT2D eigenvalue weighted by molar-refractivity contribution is 6.33. The summed E-state index contributed by atoms with van der Waals surface area (Å²) in [4.78, 5) is 49.1. The quantitative estimate of drug-likeness (QED) is 0.0579. The summed E-state index contributed by atoms with van der Waals surface area (Å²) in [5, 5.41) is 19.6. The number of anilines is 1. The van der Waals surface area contributed by atoms with Crippen molar-refractivity contribution in [2.24, 2.45) is 10.1 Å². The highest BCUT2D eigenvalue weighted by Gasteiger charge is 2.34. The standard InChI is InChI=1S/C16H23N5O3.C10H13F2N3O2.C8H7ClF3N/c1-4-12(17-3)13(9-22)20-5-7-21(8-6-20)16(24)14-15(23)11(2)18-10-19-14;1-13-9(8-3-5-17-6-4-8)14-15(2)10(11,12)7-16;1-13-7-3-2-5(4-6(7)9)8(10,11)12/h9-10,17,23H,4-8H2,1-3H3;3,7H,1,4-6H2,2H3;2-4,13H,1H3/b13-12+;14-9-;. The number of aldehydes is 2. The third-order valence-corrected chi connectivity index (χ3v) is 8.29. The van der Waals surface area contributed by atoms with Crippen LogP contribution in [0.25, 0.3) is 0 Å². The van der Waals surface area contributed by atoms with Crippen LogP contribution in [0, 0.1) is 6.92 Å². The molecule has 0 saturated carbocycles. The van der Waals surface area contributed by atoms with E-state index in [-0.39, 0.29) is 33.2 Å². The topological polar surface area (TPSA) is 165 Å². The SMILES string of the molecule is C=N/C(=N\N(C)C(F)(F)C=O)C1=CCOCC1.CC/C(NC)=C(/C=O)N1CCN(C(=O)c2ncnc(C)c2O)CC1.CNc1ccc(C(F)(F)F)cc1Cl. The van der Waals surface area contributed by atoms with Crippen LogP contribution in [0.4, 0.5) is 27.6 Å². The first-order valence-corrected chi connectivity index (χ1v) is 16.7. The van der Waals surface area contributed by atoms with Crippen molar-refractivity contribution in [1.29, 1.82) is 0 Å². The number of nitrogens with one attached hydrogen (secondary N) is 2. The van der Waals surface area contributed by atoms with Gasteiger partial charge in [-0.05, 0) is 50.3 Å². The molecule has 1 saturated heterocycles. The average molecular weight is 788 g/mol. The third kappa shape index (κ3) is 12.5. The number of carbonyl (C=O) groups excluding carboxylic acids is 3. The molecule has 0 unspecified atom stereocenters. The van der Waals surface area contributed by atoms with Crippen molar-refractivity contribution in [2.45, 2.75) is 38.9 Å². The van der Waals surface area contributed by atoms with Gasteiger partial charge in [0.1, 0.15) is 6.33 Å². The lowest BCUT2D eigenvalue weighted by Crippen LogP contribution is -2.49. The van der Waals surface area contributed by atoms with E-state index in [2.05, 4.69) is 37.4 Å². The second kappa shape index (κ2) is 20.9. The molecule has 0 aliphatic carbocycles. The molecule has 0 radical (unpaired) electrons. The van der Waals surface area contributed by atoms with E-state index in [4.69, 9.17) is 16.3 Å². The molecule has 20 heteroatoms. The van der Waals surface area contributed by atoms with Gasteiger partial charge >= 0.3 is 12.2 Å². The minimum Gasteiger partial charge on any atom is -0.504 e. The summed E-state index contributed by atoms with van der Waals surface area (Å²) in [5.41, 5.74) is 2.33. The predicted octanol–water partition coefficient (Wildman–Crippen LogP) is 4.76. The van der Waals surface area contributed by atoms with Crippen molar-refractivity contribution < 1.29 is 46.2 Å². The van der Waals surface area contributed by atoms with E-state index in [9.17, 15) is 41.4 Å². The van der Waals surface area contributed by atoms with Gasteiger partial charge in [0, 0.05) is 53.0 Å². The van der Waals surface area contributed by atoms with E-state index in [0.717, 1.165) is 37.6 Å². The van der Waals surface area contributed by atoms with E-state index >= 15 is 0 Å². The van der Waals surface area contributed by atoms with Crippen molar-refractivity contribution in [3.63, 3.8) is 0 Å². The number of hydrogen-bond acceptors (Lipinski definition) is 12. The second-order valence-electron chi connectivity index (χ2n) is 11.3. The summed E-state index contributed by atoms with van der Waals surface area (Å²) in [6.45, 7) is 9.76. The molecule has 2 aromatic rings. The lowest BCUT2D eigenvalue weighted by molar-refractivity contribution is -0.157. The van der Waals surface area contributed by atoms with Crippen molar-refractivity contribution in [2.75, 3.05) is 65.9 Å². The number of likely N-dealkylation sites (N-methyl/N-ethyl adjacent to an activating group) is 1. The Morgan fingerprint density at radius 3 is 2.26 bits per heavy atom. The van der Waals surface area contributed by atoms with Gasteiger partial charge in [0.15, 0.2) is 23.6 Å². The van der Waals surface area contributed by atoms with Gasteiger partial charge in [0.05, 0.1) is 40.9 Å². The van der Waals surface area contributed by atoms with E-state index in [1.54, 1.807) is 32.0 Å². The molecule has 296 valence electrons. The van der Waals surface area contributed by atoms with Crippen LogP contribution in [-0.4, -0.2) is 127 Å². The number of hydrazone groups is 1. The Kier molecular flexibility index (Phi) is 17.4. The Morgan fingerprint density at radius 2 is 1.78 bits per heavy atom. The summed E-state index contributed by atoms with van der Waals surface area (Å²) in [7, 11) is 4.39. The number of ether oxygens (including phenoxy) is 1. The highest BCUT2D eigenvalue weighted by atomic mass is 35.5. The fourth-order valence-electron chi connectivity index (χ4n) is 4.85. The molecule has 4 rings (SSSR count). The maximum absolute atomic E-state index is 13.0. The van der Waals surface area contributed by atoms with Crippen molar-refractivity contribution in [3.05, 3.63) is 69.5 Å². The molecule has 0 spiro atoms.